The first-order valence-electron chi connectivity index (χ1n) is 9.57. The number of hydrogen-bond donors (Lipinski definition) is 1. The Morgan fingerprint density at radius 3 is 2.90 bits per heavy atom. The zero-order valence-electron chi connectivity index (χ0n) is 15.6. The monoisotopic (exact) mass is 410 g/mol. The van der Waals surface area contributed by atoms with Crippen LogP contribution in [0.15, 0.2) is 47.3 Å². The molecule has 0 saturated carbocycles. The second kappa shape index (κ2) is 7.44. The molecule has 0 aliphatic carbocycles. The summed E-state index contributed by atoms with van der Waals surface area (Å²) in [5.41, 5.74) is 0.659. The summed E-state index contributed by atoms with van der Waals surface area (Å²) in [5.74, 6) is 1.34. The summed E-state index contributed by atoms with van der Waals surface area (Å²) in [4.78, 5) is 23.5. The van der Waals surface area contributed by atoms with Gasteiger partial charge in [0.05, 0.1) is 28.4 Å². The fraction of sp³-hybridized carbons (Fsp3) is 0.286. The molecule has 1 amide bonds. The summed E-state index contributed by atoms with van der Waals surface area (Å²) in [6.45, 7) is 1.86. The van der Waals surface area contributed by atoms with E-state index in [2.05, 4.69) is 20.2 Å². The van der Waals surface area contributed by atoms with E-state index in [1.165, 1.54) is 23.7 Å². The van der Waals surface area contributed by atoms with Gasteiger partial charge in [-0.25, -0.2) is 14.4 Å². The molecule has 0 radical (unpaired) electrons. The molecular formula is C21H19FN4O2S. The first kappa shape index (κ1) is 18.1. The molecule has 0 unspecified atom stereocenters. The Bertz CT molecular complexity index is 1170. The van der Waals surface area contributed by atoms with Gasteiger partial charge in [0.2, 0.25) is 5.91 Å². The van der Waals surface area contributed by atoms with Crippen molar-refractivity contribution in [1.82, 2.24) is 15.3 Å². The quantitative estimate of drug-likeness (QED) is 0.548. The topological polar surface area (TPSA) is 71.3 Å². The third-order valence-corrected chi connectivity index (χ3v) is 6.53. The average molecular weight is 410 g/mol. The van der Waals surface area contributed by atoms with Crippen molar-refractivity contribution in [2.45, 2.75) is 19.4 Å². The minimum atomic E-state index is -0.259. The van der Waals surface area contributed by atoms with Crippen LogP contribution in [0.5, 0.6) is 0 Å². The second-order valence-corrected chi connectivity index (χ2v) is 8.20. The number of carbonyl (C=O) groups excluding carboxylic acids is 1. The lowest BCUT2D eigenvalue weighted by Crippen LogP contribution is -2.40. The Kier molecular flexibility index (Phi) is 4.63. The molecule has 0 atom stereocenters. The summed E-state index contributed by atoms with van der Waals surface area (Å²) in [6, 6.07) is 8.74. The SMILES string of the molecule is O=C(NCc1ccco1)C1CCN(c2ncnc3c2sc2cccc(F)c23)CC1. The van der Waals surface area contributed by atoms with Gasteiger partial charge in [-0.05, 0) is 37.1 Å². The highest BCUT2D eigenvalue weighted by Gasteiger charge is 2.27. The lowest BCUT2D eigenvalue weighted by Gasteiger charge is -2.32. The molecule has 1 saturated heterocycles. The normalized spacial score (nSPS) is 15.3. The first-order valence-corrected chi connectivity index (χ1v) is 10.4. The van der Waals surface area contributed by atoms with Crippen molar-refractivity contribution >= 4 is 43.4 Å². The molecule has 8 heteroatoms. The fourth-order valence-electron chi connectivity index (χ4n) is 3.88. The predicted molar refractivity (Wildman–Crippen MR) is 110 cm³/mol. The predicted octanol–water partition coefficient (Wildman–Crippen LogP) is 4.11. The highest BCUT2D eigenvalue weighted by atomic mass is 32.1. The van der Waals surface area contributed by atoms with Crippen LogP contribution in [0.1, 0.15) is 18.6 Å². The number of anilines is 1. The highest BCUT2D eigenvalue weighted by Crippen LogP contribution is 2.39. The van der Waals surface area contributed by atoms with Gasteiger partial charge < -0.3 is 14.6 Å². The van der Waals surface area contributed by atoms with E-state index in [4.69, 9.17) is 4.42 Å². The van der Waals surface area contributed by atoms with Crippen LogP contribution in [0, 0.1) is 11.7 Å². The summed E-state index contributed by atoms with van der Waals surface area (Å²) >= 11 is 1.51. The van der Waals surface area contributed by atoms with E-state index in [0.29, 0.717) is 17.4 Å². The molecule has 4 heterocycles. The number of halogens is 1. The van der Waals surface area contributed by atoms with Crippen molar-refractivity contribution < 1.29 is 13.6 Å². The molecule has 3 aromatic heterocycles. The number of hydrogen-bond acceptors (Lipinski definition) is 6. The van der Waals surface area contributed by atoms with Crippen molar-refractivity contribution in [3.05, 3.63) is 54.5 Å². The molecule has 6 nitrogen and oxygen atoms in total. The van der Waals surface area contributed by atoms with E-state index >= 15 is 0 Å². The van der Waals surface area contributed by atoms with E-state index in [0.717, 1.165) is 46.9 Å². The number of aromatic nitrogens is 2. The number of piperidine rings is 1. The molecule has 1 fully saturated rings. The number of nitrogens with one attached hydrogen (secondary N) is 1. The molecule has 1 aromatic carbocycles. The van der Waals surface area contributed by atoms with Crippen LogP contribution < -0.4 is 10.2 Å². The maximum absolute atomic E-state index is 14.3. The molecular weight excluding hydrogens is 391 g/mol. The van der Waals surface area contributed by atoms with Crippen molar-refractivity contribution in [3.8, 4) is 0 Å². The van der Waals surface area contributed by atoms with Gasteiger partial charge in [0, 0.05) is 23.7 Å². The zero-order chi connectivity index (χ0) is 19.8. The smallest absolute Gasteiger partial charge is 0.223 e. The standard InChI is InChI=1S/C21H19FN4O2S/c22-15-4-1-5-16-17(15)18-19(29-16)20(25-12-24-18)26-8-6-13(7-9-26)21(27)23-11-14-3-2-10-28-14/h1-5,10,12-13H,6-9,11H2,(H,23,27). The van der Waals surface area contributed by atoms with E-state index < -0.39 is 0 Å². The lowest BCUT2D eigenvalue weighted by atomic mass is 9.96. The minimum absolute atomic E-state index is 0.0293. The van der Waals surface area contributed by atoms with Crippen molar-refractivity contribution in [2.24, 2.45) is 5.92 Å². The van der Waals surface area contributed by atoms with Crippen LogP contribution in [0.3, 0.4) is 0 Å². The third kappa shape index (κ3) is 3.33. The van der Waals surface area contributed by atoms with Gasteiger partial charge in [-0.1, -0.05) is 6.07 Å². The lowest BCUT2D eigenvalue weighted by molar-refractivity contribution is -0.125. The van der Waals surface area contributed by atoms with Gasteiger partial charge in [-0.3, -0.25) is 4.79 Å². The summed E-state index contributed by atoms with van der Waals surface area (Å²) in [7, 11) is 0. The van der Waals surface area contributed by atoms with Crippen molar-refractivity contribution in [3.63, 3.8) is 0 Å². The number of benzene rings is 1. The molecule has 1 aliphatic rings. The van der Waals surface area contributed by atoms with Crippen LogP contribution in [-0.2, 0) is 11.3 Å². The zero-order valence-corrected chi connectivity index (χ0v) is 16.4. The van der Waals surface area contributed by atoms with Gasteiger partial charge in [0.25, 0.3) is 0 Å². The molecule has 148 valence electrons. The minimum Gasteiger partial charge on any atom is -0.467 e. The van der Waals surface area contributed by atoms with Gasteiger partial charge in [0.1, 0.15) is 23.7 Å². The van der Waals surface area contributed by atoms with Crippen LogP contribution in [-0.4, -0.2) is 29.0 Å². The Morgan fingerprint density at radius 2 is 2.10 bits per heavy atom. The molecule has 0 spiro atoms. The van der Waals surface area contributed by atoms with E-state index in [1.807, 2.05) is 18.2 Å². The average Bonchev–Trinajstić information content (AvgIpc) is 3.40. The Hall–Kier alpha value is -3.00. The second-order valence-electron chi connectivity index (χ2n) is 7.15. The van der Waals surface area contributed by atoms with E-state index in [-0.39, 0.29) is 17.6 Å². The van der Waals surface area contributed by atoms with E-state index in [9.17, 15) is 9.18 Å². The van der Waals surface area contributed by atoms with Gasteiger partial charge in [-0.2, -0.15) is 0 Å². The number of amides is 1. The Morgan fingerprint density at radius 1 is 1.24 bits per heavy atom. The van der Waals surface area contributed by atoms with E-state index in [1.54, 1.807) is 12.3 Å². The molecule has 5 rings (SSSR count). The van der Waals surface area contributed by atoms with Crippen molar-refractivity contribution in [2.75, 3.05) is 18.0 Å². The molecule has 1 N–H and O–H groups in total. The molecule has 4 aromatic rings. The summed E-state index contributed by atoms with van der Waals surface area (Å²) < 4.78 is 21.3. The van der Waals surface area contributed by atoms with Crippen LogP contribution >= 0.6 is 11.3 Å². The number of rotatable bonds is 4. The summed E-state index contributed by atoms with van der Waals surface area (Å²) in [5, 5.41) is 3.51. The molecule has 1 aliphatic heterocycles. The molecule has 0 bridgehead atoms. The Labute approximate surface area is 170 Å². The van der Waals surface area contributed by atoms with Crippen LogP contribution in [0.25, 0.3) is 20.3 Å². The first-order chi connectivity index (χ1) is 14.2. The Balaban J connectivity index is 1.32. The maximum atomic E-state index is 14.3. The number of nitrogens with zero attached hydrogens (tertiary/aromatic N) is 3. The summed E-state index contributed by atoms with van der Waals surface area (Å²) in [6.07, 6.45) is 4.59. The third-order valence-electron chi connectivity index (χ3n) is 5.39. The fourth-order valence-corrected chi connectivity index (χ4v) is 5.06. The maximum Gasteiger partial charge on any atom is 0.223 e. The van der Waals surface area contributed by atoms with Crippen LogP contribution in [0.4, 0.5) is 10.2 Å². The van der Waals surface area contributed by atoms with Gasteiger partial charge >= 0.3 is 0 Å². The van der Waals surface area contributed by atoms with Crippen LogP contribution in [0.2, 0.25) is 0 Å². The van der Waals surface area contributed by atoms with Crippen molar-refractivity contribution in [1.29, 1.82) is 0 Å². The number of carbonyl (C=O) groups is 1. The number of fused-ring (bicyclic) bond motifs is 3. The van der Waals surface area contributed by atoms with Gasteiger partial charge in [-0.15, -0.1) is 11.3 Å². The largest absolute Gasteiger partial charge is 0.467 e. The number of furan rings is 1. The highest BCUT2D eigenvalue weighted by molar-refractivity contribution is 7.26. The number of thiophene rings is 1. The molecule has 29 heavy (non-hydrogen) atoms. The van der Waals surface area contributed by atoms with Gasteiger partial charge in [0.15, 0.2) is 0 Å².